The fourth-order valence-electron chi connectivity index (χ4n) is 2.66. The minimum Gasteiger partial charge on any atom is -0.392 e. The van der Waals surface area contributed by atoms with E-state index in [1.165, 1.54) is 0 Å². The van der Waals surface area contributed by atoms with Crippen LogP contribution in [0.5, 0.6) is 0 Å². The van der Waals surface area contributed by atoms with Gasteiger partial charge in [0.1, 0.15) is 5.82 Å². The van der Waals surface area contributed by atoms with E-state index in [4.69, 9.17) is 18.0 Å². The molecular formula is C14H20Br2N4S. The smallest absolute Gasteiger partial charge is 0.143 e. The van der Waals surface area contributed by atoms with Crippen molar-refractivity contribution in [1.29, 1.82) is 0 Å². The summed E-state index contributed by atoms with van der Waals surface area (Å²) in [5.74, 6) is 1.00. The summed E-state index contributed by atoms with van der Waals surface area (Å²) in [5, 5.41) is 0. The Morgan fingerprint density at radius 3 is 2.57 bits per heavy atom. The molecule has 2 heterocycles. The maximum absolute atomic E-state index is 5.89. The number of anilines is 1. The standard InChI is InChI=1S/C14H20Br2N4S/c1-2-3-12(13(17)21)19-4-6-20(7-5-19)14-11(16)8-10(15)9-18-14/h8-9,12H,2-7H2,1H3,(H2,17,21). The Morgan fingerprint density at radius 1 is 1.38 bits per heavy atom. The van der Waals surface area contributed by atoms with Crippen LogP contribution in [0.25, 0.3) is 0 Å². The highest BCUT2D eigenvalue weighted by molar-refractivity contribution is 9.11. The molecule has 1 atom stereocenters. The van der Waals surface area contributed by atoms with Gasteiger partial charge in [0, 0.05) is 36.8 Å². The van der Waals surface area contributed by atoms with Crippen LogP contribution in [0, 0.1) is 0 Å². The molecule has 0 saturated carbocycles. The van der Waals surface area contributed by atoms with Crippen LogP contribution in [0.15, 0.2) is 21.2 Å². The lowest BCUT2D eigenvalue weighted by Crippen LogP contribution is -2.54. The molecule has 2 N–H and O–H groups in total. The zero-order valence-corrected chi connectivity index (χ0v) is 16.0. The van der Waals surface area contributed by atoms with Crippen molar-refractivity contribution in [2.24, 2.45) is 5.73 Å². The van der Waals surface area contributed by atoms with Crippen molar-refractivity contribution < 1.29 is 0 Å². The Balaban J connectivity index is 2.01. The Bertz CT molecular complexity index is 504. The minimum atomic E-state index is 0.230. The van der Waals surface area contributed by atoms with Crippen molar-refractivity contribution in [3.8, 4) is 0 Å². The molecule has 1 saturated heterocycles. The molecule has 1 unspecified atom stereocenters. The zero-order chi connectivity index (χ0) is 15.4. The van der Waals surface area contributed by atoms with Crippen LogP contribution >= 0.6 is 44.1 Å². The van der Waals surface area contributed by atoms with Crippen LogP contribution in [-0.4, -0.2) is 47.1 Å². The predicted octanol–water partition coefficient (Wildman–Crippen LogP) is 3.18. The summed E-state index contributed by atoms with van der Waals surface area (Å²) in [7, 11) is 0. The van der Waals surface area contributed by atoms with Gasteiger partial charge in [0.05, 0.1) is 15.5 Å². The van der Waals surface area contributed by atoms with Crippen molar-refractivity contribution in [2.45, 2.75) is 25.8 Å². The van der Waals surface area contributed by atoms with E-state index in [9.17, 15) is 0 Å². The molecule has 1 aliphatic rings. The van der Waals surface area contributed by atoms with E-state index < -0.39 is 0 Å². The fourth-order valence-corrected chi connectivity index (χ4v) is 4.17. The average molecular weight is 436 g/mol. The van der Waals surface area contributed by atoms with E-state index in [0.29, 0.717) is 4.99 Å². The molecule has 0 spiro atoms. The van der Waals surface area contributed by atoms with Crippen LogP contribution in [0.2, 0.25) is 0 Å². The van der Waals surface area contributed by atoms with Crippen LogP contribution < -0.4 is 10.6 Å². The second-order valence-corrected chi connectivity index (χ2v) is 7.43. The molecular weight excluding hydrogens is 416 g/mol. The third kappa shape index (κ3) is 4.37. The Kier molecular flexibility index (Phi) is 6.40. The summed E-state index contributed by atoms with van der Waals surface area (Å²) in [6.07, 6.45) is 3.97. The molecule has 1 aromatic rings. The molecule has 2 rings (SSSR count). The number of nitrogens with two attached hydrogens (primary N) is 1. The van der Waals surface area contributed by atoms with Gasteiger partial charge in [-0.2, -0.15) is 0 Å². The number of nitrogens with zero attached hydrogens (tertiary/aromatic N) is 3. The molecule has 1 aliphatic heterocycles. The summed E-state index contributed by atoms with van der Waals surface area (Å²) in [6.45, 7) is 5.98. The number of rotatable bonds is 5. The highest BCUT2D eigenvalue weighted by Gasteiger charge is 2.26. The summed E-state index contributed by atoms with van der Waals surface area (Å²) in [5.41, 5.74) is 5.89. The molecule has 0 aromatic carbocycles. The quantitative estimate of drug-likeness (QED) is 0.719. The van der Waals surface area contributed by atoms with E-state index in [0.717, 1.165) is 53.8 Å². The van der Waals surface area contributed by atoms with E-state index in [1.54, 1.807) is 0 Å². The van der Waals surface area contributed by atoms with Gasteiger partial charge in [-0.05, 0) is 44.3 Å². The van der Waals surface area contributed by atoms with Crippen molar-refractivity contribution in [3.05, 3.63) is 21.2 Å². The lowest BCUT2D eigenvalue weighted by molar-refractivity contribution is 0.219. The van der Waals surface area contributed by atoms with E-state index in [-0.39, 0.29) is 6.04 Å². The molecule has 4 nitrogen and oxygen atoms in total. The van der Waals surface area contributed by atoms with Crippen molar-refractivity contribution in [3.63, 3.8) is 0 Å². The first-order chi connectivity index (χ1) is 10.0. The van der Waals surface area contributed by atoms with Gasteiger partial charge in [-0.1, -0.05) is 25.6 Å². The van der Waals surface area contributed by atoms with E-state index >= 15 is 0 Å². The van der Waals surface area contributed by atoms with Crippen molar-refractivity contribution >= 4 is 54.9 Å². The Morgan fingerprint density at radius 2 is 2.05 bits per heavy atom. The molecule has 0 aliphatic carbocycles. The molecule has 1 fully saturated rings. The molecule has 1 aromatic heterocycles. The summed E-state index contributed by atoms with van der Waals surface area (Å²) < 4.78 is 2.00. The maximum Gasteiger partial charge on any atom is 0.143 e. The Hall–Kier alpha value is -0.240. The molecule has 0 amide bonds. The lowest BCUT2D eigenvalue weighted by atomic mass is 10.1. The van der Waals surface area contributed by atoms with Gasteiger partial charge in [-0.25, -0.2) is 4.98 Å². The van der Waals surface area contributed by atoms with Gasteiger partial charge in [0.2, 0.25) is 0 Å². The molecule has 7 heteroatoms. The van der Waals surface area contributed by atoms with E-state index in [1.807, 2.05) is 12.3 Å². The number of hydrogen-bond donors (Lipinski definition) is 1. The summed E-state index contributed by atoms with van der Waals surface area (Å²) >= 11 is 12.2. The number of thiocarbonyl (C=S) groups is 1. The van der Waals surface area contributed by atoms with Gasteiger partial charge < -0.3 is 10.6 Å². The van der Waals surface area contributed by atoms with E-state index in [2.05, 4.69) is 53.6 Å². The first-order valence-corrected chi connectivity index (χ1v) is 9.11. The largest absolute Gasteiger partial charge is 0.392 e. The average Bonchev–Trinajstić information content (AvgIpc) is 2.45. The highest BCUT2D eigenvalue weighted by atomic mass is 79.9. The van der Waals surface area contributed by atoms with Crippen LogP contribution in [0.1, 0.15) is 19.8 Å². The molecule has 21 heavy (non-hydrogen) atoms. The maximum atomic E-state index is 5.89. The highest BCUT2D eigenvalue weighted by Crippen LogP contribution is 2.27. The SMILES string of the molecule is CCCC(C(N)=S)N1CCN(c2ncc(Br)cc2Br)CC1. The number of halogens is 2. The van der Waals surface area contributed by atoms with Crippen molar-refractivity contribution in [2.75, 3.05) is 31.1 Å². The van der Waals surface area contributed by atoms with Gasteiger partial charge in [-0.15, -0.1) is 0 Å². The molecule has 116 valence electrons. The minimum absolute atomic E-state index is 0.230. The third-order valence-corrected chi connectivity index (χ3v) is 5.02. The Labute approximate surface area is 148 Å². The normalized spacial score (nSPS) is 17.8. The van der Waals surface area contributed by atoms with Crippen LogP contribution in [-0.2, 0) is 0 Å². The van der Waals surface area contributed by atoms with Crippen molar-refractivity contribution in [1.82, 2.24) is 9.88 Å². The number of hydrogen-bond acceptors (Lipinski definition) is 4. The topological polar surface area (TPSA) is 45.4 Å². The molecule has 0 bridgehead atoms. The fraction of sp³-hybridized carbons (Fsp3) is 0.571. The third-order valence-electron chi connectivity index (χ3n) is 3.73. The van der Waals surface area contributed by atoms with Gasteiger partial charge >= 0.3 is 0 Å². The predicted molar refractivity (Wildman–Crippen MR) is 98.9 cm³/mol. The van der Waals surface area contributed by atoms with Crippen LogP contribution in [0.4, 0.5) is 5.82 Å². The number of piperazine rings is 1. The second kappa shape index (κ2) is 7.85. The molecule has 0 radical (unpaired) electrons. The summed E-state index contributed by atoms with van der Waals surface area (Å²) in [6, 6.07) is 2.26. The number of aromatic nitrogens is 1. The van der Waals surface area contributed by atoms with Gasteiger partial charge in [0.25, 0.3) is 0 Å². The second-order valence-electron chi connectivity index (χ2n) is 5.19. The number of pyridine rings is 1. The zero-order valence-electron chi connectivity index (χ0n) is 12.1. The van der Waals surface area contributed by atoms with Crippen LogP contribution in [0.3, 0.4) is 0 Å². The first-order valence-electron chi connectivity index (χ1n) is 7.12. The first kappa shape index (κ1) is 17.1. The summed E-state index contributed by atoms with van der Waals surface area (Å²) in [4.78, 5) is 9.82. The van der Waals surface area contributed by atoms with Gasteiger partial charge in [-0.3, -0.25) is 4.90 Å². The lowest BCUT2D eigenvalue weighted by Gasteiger charge is -2.39. The van der Waals surface area contributed by atoms with Gasteiger partial charge in [0.15, 0.2) is 0 Å². The monoisotopic (exact) mass is 434 g/mol.